The van der Waals surface area contributed by atoms with E-state index in [4.69, 9.17) is 5.73 Å². The number of aromatic amines is 1. The summed E-state index contributed by atoms with van der Waals surface area (Å²) in [5.74, 6) is 0.514. The van der Waals surface area contributed by atoms with Gasteiger partial charge in [-0.1, -0.05) is 19.1 Å². The standard InChI is InChI=1S/C15H20N4O/c1-10-4-3-7-19(13(10)8-16)15(20)12-6-2-5-11-9-17-18-14(11)12/h2,5-6,9-10,13H,3-4,7-8,16H2,1H3,(H,17,18)/t10-,13-/m0/s1. The van der Waals surface area contributed by atoms with E-state index in [9.17, 15) is 4.79 Å². The summed E-state index contributed by atoms with van der Waals surface area (Å²) in [7, 11) is 0. The van der Waals surface area contributed by atoms with E-state index in [0.29, 0.717) is 18.0 Å². The zero-order valence-corrected chi connectivity index (χ0v) is 11.7. The number of rotatable bonds is 2. The van der Waals surface area contributed by atoms with Gasteiger partial charge in [0, 0.05) is 24.5 Å². The van der Waals surface area contributed by atoms with Crippen LogP contribution in [0.2, 0.25) is 0 Å². The Labute approximate surface area is 118 Å². The SMILES string of the molecule is C[C@H]1CCCN(C(=O)c2cccc3cn[nH]c23)[C@H]1CN. The van der Waals surface area contributed by atoms with Crippen molar-refractivity contribution in [1.82, 2.24) is 15.1 Å². The van der Waals surface area contributed by atoms with E-state index < -0.39 is 0 Å². The largest absolute Gasteiger partial charge is 0.334 e. The van der Waals surface area contributed by atoms with E-state index in [1.807, 2.05) is 23.1 Å². The monoisotopic (exact) mass is 272 g/mol. The van der Waals surface area contributed by atoms with Crippen LogP contribution in [-0.4, -0.2) is 40.1 Å². The summed E-state index contributed by atoms with van der Waals surface area (Å²) in [4.78, 5) is 14.8. The molecule has 3 rings (SSSR count). The Bertz CT molecular complexity index is 621. The third kappa shape index (κ3) is 2.08. The highest BCUT2D eigenvalue weighted by atomic mass is 16.2. The molecule has 0 saturated carbocycles. The highest BCUT2D eigenvalue weighted by Crippen LogP contribution is 2.26. The molecule has 0 unspecified atom stereocenters. The van der Waals surface area contributed by atoms with Gasteiger partial charge in [0.2, 0.25) is 0 Å². The predicted octanol–water partition coefficient (Wildman–Crippen LogP) is 1.76. The minimum Gasteiger partial charge on any atom is -0.334 e. The Morgan fingerprint density at radius 2 is 2.40 bits per heavy atom. The predicted molar refractivity (Wildman–Crippen MR) is 78.4 cm³/mol. The zero-order valence-electron chi connectivity index (χ0n) is 11.7. The van der Waals surface area contributed by atoms with Crippen LogP contribution in [0.1, 0.15) is 30.1 Å². The number of hydrogen-bond acceptors (Lipinski definition) is 3. The number of nitrogens with two attached hydrogens (primary N) is 1. The normalized spacial score (nSPS) is 23.2. The lowest BCUT2D eigenvalue weighted by Crippen LogP contribution is -2.51. The van der Waals surface area contributed by atoms with Gasteiger partial charge in [0.15, 0.2) is 0 Å². The van der Waals surface area contributed by atoms with Gasteiger partial charge >= 0.3 is 0 Å². The van der Waals surface area contributed by atoms with Crippen molar-refractivity contribution in [3.8, 4) is 0 Å². The molecule has 0 bridgehead atoms. The van der Waals surface area contributed by atoms with Crippen LogP contribution in [0.5, 0.6) is 0 Å². The number of likely N-dealkylation sites (tertiary alicyclic amines) is 1. The molecule has 20 heavy (non-hydrogen) atoms. The third-order valence-corrected chi connectivity index (χ3v) is 4.33. The van der Waals surface area contributed by atoms with Gasteiger partial charge in [0.25, 0.3) is 5.91 Å². The molecule has 2 aromatic rings. The Hall–Kier alpha value is -1.88. The topological polar surface area (TPSA) is 75.0 Å². The number of nitrogens with zero attached hydrogens (tertiary/aromatic N) is 2. The van der Waals surface area contributed by atoms with Crippen LogP contribution in [0, 0.1) is 5.92 Å². The summed E-state index contributed by atoms with van der Waals surface area (Å²) < 4.78 is 0. The van der Waals surface area contributed by atoms with E-state index >= 15 is 0 Å². The van der Waals surface area contributed by atoms with Gasteiger partial charge in [-0.05, 0) is 24.8 Å². The van der Waals surface area contributed by atoms with E-state index in [2.05, 4.69) is 17.1 Å². The third-order valence-electron chi connectivity index (χ3n) is 4.33. The molecule has 5 heteroatoms. The van der Waals surface area contributed by atoms with Crippen molar-refractivity contribution in [2.45, 2.75) is 25.8 Å². The van der Waals surface area contributed by atoms with Gasteiger partial charge in [-0.15, -0.1) is 0 Å². The number of fused-ring (bicyclic) bond motifs is 1. The van der Waals surface area contributed by atoms with Crippen LogP contribution < -0.4 is 5.73 Å². The van der Waals surface area contributed by atoms with Crippen LogP contribution in [-0.2, 0) is 0 Å². The Morgan fingerprint density at radius 3 is 3.20 bits per heavy atom. The van der Waals surface area contributed by atoms with Crippen molar-refractivity contribution in [3.63, 3.8) is 0 Å². The van der Waals surface area contributed by atoms with E-state index in [0.717, 1.165) is 30.3 Å². The Kier molecular flexibility index (Phi) is 3.44. The molecule has 0 radical (unpaired) electrons. The smallest absolute Gasteiger partial charge is 0.256 e. The lowest BCUT2D eigenvalue weighted by atomic mass is 9.90. The van der Waals surface area contributed by atoms with Crippen LogP contribution in [0.3, 0.4) is 0 Å². The average Bonchev–Trinajstić information content (AvgIpc) is 2.94. The molecule has 5 nitrogen and oxygen atoms in total. The van der Waals surface area contributed by atoms with Crippen molar-refractivity contribution in [3.05, 3.63) is 30.0 Å². The van der Waals surface area contributed by atoms with Crippen LogP contribution in [0.4, 0.5) is 0 Å². The summed E-state index contributed by atoms with van der Waals surface area (Å²) >= 11 is 0. The fourth-order valence-electron chi connectivity index (χ4n) is 3.16. The first-order chi connectivity index (χ1) is 9.72. The summed E-state index contributed by atoms with van der Waals surface area (Å²) in [5, 5.41) is 7.91. The van der Waals surface area contributed by atoms with Gasteiger partial charge in [-0.2, -0.15) is 5.10 Å². The van der Waals surface area contributed by atoms with E-state index in [-0.39, 0.29) is 11.9 Å². The number of hydrogen-bond donors (Lipinski definition) is 2. The molecule has 0 aliphatic carbocycles. The van der Waals surface area contributed by atoms with Gasteiger partial charge in [0.05, 0.1) is 17.3 Å². The number of carbonyl (C=O) groups is 1. The Balaban J connectivity index is 1.97. The second kappa shape index (κ2) is 5.25. The van der Waals surface area contributed by atoms with Crippen molar-refractivity contribution in [1.29, 1.82) is 0 Å². The zero-order chi connectivity index (χ0) is 14.1. The first-order valence-electron chi connectivity index (χ1n) is 7.15. The molecule has 3 N–H and O–H groups in total. The molecule has 1 aromatic carbocycles. The number of benzene rings is 1. The number of amides is 1. The maximum absolute atomic E-state index is 12.8. The minimum absolute atomic E-state index is 0.0573. The highest BCUT2D eigenvalue weighted by Gasteiger charge is 2.32. The molecule has 2 atom stereocenters. The van der Waals surface area contributed by atoms with E-state index in [1.165, 1.54) is 0 Å². The number of piperidine rings is 1. The van der Waals surface area contributed by atoms with Crippen molar-refractivity contribution >= 4 is 16.8 Å². The molecule has 106 valence electrons. The number of H-pyrrole nitrogens is 1. The van der Waals surface area contributed by atoms with Crippen LogP contribution in [0.15, 0.2) is 24.4 Å². The van der Waals surface area contributed by atoms with Gasteiger partial charge < -0.3 is 10.6 Å². The summed E-state index contributed by atoms with van der Waals surface area (Å²) in [5.41, 5.74) is 7.38. The van der Waals surface area contributed by atoms with Crippen LogP contribution in [0.25, 0.3) is 10.9 Å². The fourth-order valence-corrected chi connectivity index (χ4v) is 3.16. The summed E-state index contributed by atoms with van der Waals surface area (Å²) in [6.07, 6.45) is 3.92. The van der Waals surface area contributed by atoms with Crippen molar-refractivity contribution < 1.29 is 4.79 Å². The first-order valence-corrected chi connectivity index (χ1v) is 7.15. The van der Waals surface area contributed by atoms with Gasteiger partial charge in [-0.25, -0.2) is 0 Å². The molecule has 1 aliphatic heterocycles. The molecule has 1 amide bonds. The fraction of sp³-hybridized carbons (Fsp3) is 0.467. The minimum atomic E-state index is 0.0573. The average molecular weight is 272 g/mol. The second-order valence-corrected chi connectivity index (χ2v) is 5.56. The van der Waals surface area contributed by atoms with Crippen molar-refractivity contribution in [2.24, 2.45) is 11.7 Å². The maximum atomic E-state index is 12.8. The molecular formula is C15H20N4O. The first kappa shape index (κ1) is 13.1. The highest BCUT2D eigenvalue weighted by molar-refractivity contribution is 6.05. The molecule has 0 spiro atoms. The van der Waals surface area contributed by atoms with Crippen molar-refractivity contribution in [2.75, 3.05) is 13.1 Å². The van der Waals surface area contributed by atoms with Gasteiger partial charge in [0.1, 0.15) is 0 Å². The second-order valence-electron chi connectivity index (χ2n) is 5.56. The lowest BCUT2D eigenvalue weighted by Gasteiger charge is -2.39. The number of para-hydroxylation sites is 1. The molecule has 1 aromatic heterocycles. The quantitative estimate of drug-likeness (QED) is 0.874. The number of nitrogens with one attached hydrogen (secondary N) is 1. The summed E-state index contributed by atoms with van der Waals surface area (Å²) in [6.45, 7) is 3.48. The van der Waals surface area contributed by atoms with Gasteiger partial charge in [-0.3, -0.25) is 9.89 Å². The lowest BCUT2D eigenvalue weighted by molar-refractivity contribution is 0.0534. The molecule has 1 aliphatic rings. The number of carbonyl (C=O) groups excluding carboxylic acids is 1. The van der Waals surface area contributed by atoms with E-state index in [1.54, 1.807) is 6.20 Å². The Morgan fingerprint density at radius 1 is 1.55 bits per heavy atom. The maximum Gasteiger partial charge on any atom is 0.256 e. The molecule has 2 heterocycles. The summed E-state index contributed by atoms with van der Waals surface area (Å²) in [6, 6.07) is 5.84. The number of aromatic nitrogens is 2. The van der Waals surface area contributed by atoms with Crippen LogP contribution >= 0.6 is 0 Å². The molecular weight excluding hydrogens is 252 g/mol. The molecule has 1 saturated heterocycles. The molecule has 1 fully saturated rings.